The molecule has 1 aromatic rings. The van der Waals surface area contributed by atoms with Crippen LogP contribution in [0, 0.1) is 6.92 Å². The Bertz CT molecular complexity index is 324. The minimum absolute atomic E-state index is 0.0183. The fraction of sp³-hybridized carbons (Fsp3) is 0.600. The lowest BCUT2D eigenvalue weighted by Crippen LogP contribution is -2.25. The van der Waals surface area contributed by atoms with Crippen LogP contribution in [-0.2, 0) is 6.61 Å². The minimum atomic E-state index is -0.0183. The molecule has 1 aromatic heterocycles. The van der Waals surface area contributed by atoms with Crippen molar-refractivity contribution in [1.29, 1.82) is 0 Å². The Morgan fingerprint density at radius 1 is 1.57 bits per heavy atom. The molecular formula is C10H14N2O2. The average molecular weight is 194 g/mol. The molecule has 0 aliphatic heterocycles. The van der Waals surface area contributed by atoms with Gasteiger partial charge in [0.25, 0.3) is 0 Å². The van der Waals surface area contributed by atoms with Gasteiger partial charge in [-0.25, -0.2) is 9.97 Å². The van der Waals surface area contributed by atoms with Crippen LogP contribution in [0.5, 0.6) is 6.01 Å². The molecule has 0 spiro atoms. The van der Waals surface area contributed by atoms with Crippen molar-refractivity contribution < 1.29 is 9.84 Å². The third-order valence-corrected chi connectivity index (χ3v) is 2.55. The molecule has 0 atom stereocenters. The van der Waals surface area contributed by atoms with E-state index in [0.717, 1.165) is 24.1 Å². The summed E-state index contributed by atoms with van der Waals surface area (Å²) in [5.74, 6) is 0. The number of aromatic nitrogens is 2. The van der Waals surface area contributed by atoms with Gasteiger partial charge in [0.1, 0.15) is 6.10 Å². The van der Waals surface area contributed by atoms with E-state index in [0.29, 0.717) is 12.1 Å². The molecule has 0 amide bonds. The lowest BCUT2D eigenvalue weighted by molar-refractivity contribution is 0.108. The summed E-state index contributed by atoms with van der Waals surface area (Å²) in [4.78, 5) is 8.21. The summed E-state index contributed by atoms with van der Waals surface area (Å²) in [5, 5.41) is 8.93. The van der Waals surface area contributed by atoms with Crippen molar-refractivity contribution >= 4 is 0 Å². The lowest BCUT2D eigenvalue weighted by Gasteiger charge is -2.25. The number of rotatable bonds is 3. The summed E-state index contributed by atoms with van der Waals surface area (Å²) in [7, 11) is 0. The summed E-state index contributed by atoms with van der Waals surface area (Å²) in [6.07, 6.45) is 5.36. The van der Waals surface area contributed by atoms with Crippen LogP contribution >= 0.6 is 0 Å². The van der Waals surface area contributed by atoms with Crippen LogP contribution in [0.1, 0.15) is 30.5 Å². The van der Waals surface area contributed by atoms with E-state index in [4.69, 9.17) is 9.84 Å². The van der Waals surface area contributed by atoms with Gasteiger partial charge in [-0.1, -0.05) is 0 Å². The second-order valence-electron chi connectivity index (χ2n) is 3.59. The number of hydrogen-bond acceptors (Lipinski definition) is 4. The predicted molar refractivity (Wildman–Crippen MR) is 51.0 cm³/mol. The third kappa shape index (κ3) is 1.85. The third-order valence-electron chi connectivity index (χ3n) is 2.55. The van der Waals surface area contributed by atoms with Gasteiger partial charge in [0, 0.05) is 11.8 Å². The highest BCUT2D eigenvalue weighted by molar-refractivity contribution is 5.16. The van der Waals surface area contributed by atoms with Gasteiger partial charge in [-0.2, -0.15) is 0 Å². The van der Waals surface area contributed by atoms with Gasteiger partial charge >= 0.3 is 6.01 Å². The molecule has 4 heteroatoms. The molecule has 1 aliphatic carbocycles. The van der Waals surface area contributed by atoms with Gasteiger partial charge in [-0.3, -0.25) is 0 Å². The first-order valence-electron chi connectivity index (χ1n) is 4.89. The van der Waals surface area contributed by atoms with E-state index < -0.39 is 0 Å². The number of aryl methyl sites for hydroxylation is 1. The molecule has 0 bridgehead atoms. The topological polar surface area (TPSA) is 55.2 Å². The first-order chi connectivity index (χ1) is 6.79. The van der Waals surface area contributed by atoms with Gasteiger partial charge in [-0.05, 0) is 26.2 Å². The SMILES string of the molecule is Cc1nc(OC2CCC2)ncc1CO. The summed E-state index contributed by atoms with van der Waals surface area (Å²) >= 11 is 0. The van der Waals surface area contributed by atoms with Crippen LogP contribution in [0.15, 0.2) is 6.20 Å². The minimum Gasteiger partial charge on any atom is -0.460 e. The van der Waals surface area contributed by atoms with E-state index in [9.17, 15) is 0 Å². The molecule has 14 heavy (non-hydrogen) atoms. The summed E-state index contributed by atoms with van der Waals surface area (Å²) in [6.45, 7) is 1.83. The van der Waals surface area contributed by atoms with E-state index in [1.807, 2.05) is 6.92 Å². The number of aliphatic hydroxyl groups is 1. The molecule has 0 unspecified atom stereocenters. The zero-order chi connectivity index (χ0) is 9.97. The fourth-order valence-corrected chi connectivity index (χ4v) is 1.32. The second kappa shape index (κ2) is 3.92. The summed E-state index contributed by atoms with van der Waals surface area (Å²) in [5.41, 5.74) is 1.54. The molecule has 1 aliphatic rings. The largest absolute Gasteiger partial charge is 0.460 e. The molecule has 1 saturated carbocycles. The quantitative estimate of drug-likeness (QED) is 0.785. The lowest BCUT2D eigenvalue weighted by atomic mass is 9.96. The van der Waals surface area contributed by atoms with Crippen LogP contribution < -0.4 is 4.74 Å². The molecular weight excluding hydrogens is 180 g/mol. The zero-order valence-electron chi connectivity index (χ0n) is 8.23. The maximum absolute atomic E-state index is 8.93. The molecule has 2 rings (SSSR count). The van der Waals surface area contributed by atoms with E-state index in [1.54, 1.807) is 6.20 Å². The standard InChI is InChI=1S/C10H14N2O2/c1-7-8(6-13)5-11-10(12-7)14-9-3-2-4-9/h5,9,13H,2-4,6H2,1H3. The van der Waals surface area contributed by atoms with Crippen molar-refractivity contribution in [1.82, 2.24) is 9.97 Å². The Hall–Kier alpha value is -1.16. The van der Waals surface area contributed by atoms with E-state index in [2.05, 4.69) is 9.97 Å². The van der Waals surface area contributed by atoms with Gasteiger partial charge in [0.2, 0.25) is 0 Å². The average Bonchev–Trinajstić information content (AvgIpc) is 2.12. The molecule has 0 radical (unpaired) electrons. The maximum Gasteiger partial charge on any atom is 0.316 e. The molecule has 0 saturated heterocycles. The van der Waals surface area contributed by atoms with Gasteiger partial charge in [0.15, 0.2) is 0 Å². The van der Waals surface area contributed by atoms with E-state index in [-0.39, 0.29) is 6.61 Å². The van der Waals surface area contributed by atoms with Crippen molar-refractivity contribution in [3.05, 3.63) is 17.5 Å². The highest BCUT2D eigenvalue weighted by atomic mass is 16.5. The Morgan fingerprint density at radius 2 is 2.36 bits per heavy atom. The van der Waals surface area contributed by atoms with Gasteiger partial charge < -0.3 is 9.84 Å². The molecule has 76 valence electrons. The van der Waals surface area contributed by atoms with Crippen molar-refractivity contribution in [2.24, 2.45) is 0 Å². The monoisotopic (exact) mass is 194 g/mol. The highest BCUT2D eigenvalue weighted by Crippen LogP contribution is 2.23. The first kappa shape index (κ1) is 9.40. The zero-order valence-corrected chi connectivity index (χ0v) is 8.23. The Balaban J connectivity index is 2.07. The van der Waals surface area contributed by atoms with Crippen LogP contribution in [0.3, 0.4) is 0 Å². The smallest absolute Gasteiger partial charge is 0.316 e. The van der Waals surface area contributed by atoms with Crippen LogP contribution in [0.4, 0.5) is 0 Å². The van der Waals surface area contributed by atoms with E-state index in [1.165, 1.54) is 6.42 Å². The maximum atomic E-state index is 8.93. The highest BCUT2D eigenvalue weighted by Gasteiger charge is 2.20. The van der Waals surface area contributed by atoms with E-state index >= 15 is 0 Å². The Kier molecular flexibility index (Phi) is 2.63. The Morgan fingerprint density at radius 3 is 2.86 bits per heavy atom. The van der Waals surface area contributed by atoms with Crippen molar-refractivity contribution in [3.8, 4) is 6.01 Å². The summed E-state index contributed by atoms with van der Waals surface area (Å²) < 4.78 is 5.53. The van der Waals surface area contributed by atoms with Crippen molar-refractivity contribution in [2.45, 2.75) is 38.9 Å². The molecule has 1 fully saturated rings. The predicted octanol–water partition coefficient (Wildman–Crippen LogP) is 1.21. The molecule has 1 heterocycles. The molecule has 1 N–H and O–H groups in total. The normalized spacial score (nSPS) is 16.4. The van der Waals surface area contributed by atoms with Crippen LogP contribution in [0.25, 0.3) is 0 Å². The molecule has 4 nitrogen and oxygen atoms in total. The number of ether oxygens (including phenoxy) is 1. The summed E-state index contributed by atoms with van der Waals surface area (Å²) in [6, 6.07) is 0.435. The van der Waals surface area contributed by atoms with Gasteiger partial charge in [-0.15, -0.1) is 0 Å². The second-order valence-corrected chi connectivity index (χ2v) is 3.59. The molecule has 0 aromatic carbocycles. The Labute approximate surface area is 83.0 Å². The fourth-order valence-electron chi connectivity index (χ4n) is 1.32. The van der Waals surface area contributed by atoms with Gasteiger partial charge in [0.05, 0.1) is 12.3 Å². The number of aliphatic hydroxyl groups excluding tert-OH is 1. The first-order valence-corrected chi connectivity index (χ1v) is 4.89. The van der Waals surface area contributed by atoms with Crippen LogP contribution in [0.2, 0.25) is 0 Å². The van der Waals surface area contributed by atoms with Crippen molar-refractivity contribution in [2.75, 3.05) is 0 Å². The van der Waals surface area contributed by atoms with Crippen molar-refractivity contribution in [3.63, 3.8) is 0 Å². The number of hydrogen-bond donors (Lipinski definition) is 1. The number of nitrogens with zero attached hydrogens (tertiary/aromatic N) is 2. The van der Waals surface area contributed by atoms with Crippen LogP contribution in [-0.4, -0.2) is 21.2 Å².